The third kappa shape index (κ3) is 4.64. The number of benzene rings is 2. The van der Waals surface area contributed by atoms with E-state index in [1.54, 1.807) is 4.90 Å². The molecule has 2 aromatic rings. The summed E-state index contributed by atoms with van der Waals surface area (Å²) in [5.41, 5.74) is 2.08. The van der Waals surface area contributed by atoms with Crippen LogP contribution >= 0.6 is 0 Å². The molecule has 1 heterocycles. The molecule has 28 heavy (non-hydrogen) atoms. The second-order valence-corrected chi connectivity index (χ2v) is 6.71. The molecule has 0 atom stereocenters. The molecule has 0 saturated carbocycles. The second kappa shape index (κ2) is 8.79. The number of halogens is 1. The van der Waals surface area contributed by atoms with Crippen molar-refractivity contribution in [3.8, 4) is 0 Å². The number of para-hydroxylation sites is 1. The summed E-state index contributed by atoms with van der Waals surface area (Å²) in [5.74, 6) is -0.594. The predicted molar refractivity (Wildman–Crippen MR) is 106 cm³/mol. The fourth-order valence-corrected chi connectivity index (χ4v) is 3.39. The van der Waals surface area contributed by atoms with Crippen molar-refractivity contribution >= 4 is 23.0 Å². The lowest BCUT2D eigenvalue weighted by atomic mass is 10.1. The second-order valence-electron chi connectivity index (χ2n) is 6.71. The first-order chi connectivity index (χ1) is 13.5. The fraction of sp³-hybridized carbons (Fsp3) is 0.350. The number of nitrogens with zero attached hydrogens (tertiary/aromatic N) is 3. The van der Waals surface area contributed by atoms with Gasteiger partial charge in [-0.2, -0.15) is 0 Å². The van der Waals surface area contributed by atoms with Gasteiger partial charge in [0.1, 0.15) is 11.5 Å². The lowest BCUT2D eigenvalue weighted by Gasteiger charge is -2.35. The van der Waals surface area contributed by atoms with E-state index >= 15 is 0 Å². The third-order valence-corrected chi connectivity index (χ3v) is 4.89. The van der Waals surface area contributed by atoms with Crippen molar-refractivity contribution in [2.75, 3.05) is 42.9 Å². The average Bonchev–Trinajstić information content (AvgIpc) is 2.68. The normalized spacial score (nSPS) is 14.7. The molecule has 0 aromatic heterocycles. The van der Waals surface area contributed by atoms with Gasteiger partial charge >= 0.3 is 0 Å². The van der Waals surface area contributed by atoms with Crippen LogP contribution in [0.4, 0.5) is 21.5 Å². The molecule has 7 nitrogen and oxygen atoms in total. The maximum Gasteiger partial charge on any atom is 0.292 e. The largest absolute Gasteiger partial charge is 0.363 e. The molecule has 0 aliphatic carbocycles. The Labute approximate surface area is 162 Å². The number of aryl methyl sites for hydroxylation is 1. The van der Waals surface area contributed by atoms with Gasteiger partial charge in [0.15, 0.2) is 0 Å². The minimum Gasteiger partial charge on any atom is -0.363 e. The van der Waals surface area contributed by atoms with E-state index in [1.165, 1.54) is 12.1 Å². The summed E-state index contributed by atoms with van der Waals surface area (Å²) < 4.78 is 13.6. The van der Waals surface area contributed by atoms with Crippen LogP contribution in [0.2, 0.25) is 0 Å². The van der Waals surface area contributed by atoms with Crippen LogP contribution < -0.4 is 10.2 Å². The van der Waals surface area contributed by atoms with E-state index in [1.807, 2.05) is 36.1 Å². The Hall–Kier alpha value is -3.00. The van der Waals surface area contributed by atoms with E-state index in [0.29, 0.717) is 26.2 Å². The van der Waals surface area contributed by atoms with Crippen LogP contribution in [0.25, 0.3) is 0 Å². The van der Waals surface area contributed by atoms with Gasteiger partial charge in [-0.1, -0.05) is 25.1 Å². The van der Waals surface area contributed by atoms with Crippen LogP contribution in [-0.4, -0.2) is 48.5 Å². The molecule has 1 N–H and O–H groups in total. The fourth-order valence-electron chi connectivity index (χ4n) is 3.39. The highest BCUT2D eigenvalue weighted by Crippen LogP contribution is 2.29. The highest BCUT2D eigenvalue weighted by atomic mass is 19.1. The molecule has 0 bridgehead atoms. The van der Waals surface area contributed by atoms with E-state index in [-0.39, 0.29) is 23.8 Å². The van der Waals surface area contributed by atoms with E-state index < -0.39 is 10.7 Å². The molecule has 1 aliphatic rings. The summed E-state index contributed by atoms with van der Waals surface area (Å²) in [4.78, 5) is 26.9. The molecule has 2 aromatic carbocycles. The van der Waals surface area contributed by atoms with Crippen molar-refractivity contribution in [2.45, 2.75) is 13.3 Å². The van der Waals surface area contributed by atoms with Crippen molar-refractivity contribution in [3.63, 3.8) is 0 Å². The summed E-state index contributed by atoms with van der Waals surface area (Å²) in [6.07, 6.45) is 0.835. The molecular formula is C20H23FN4O3. The standard InChI is InChI=1S/C20H23FN4O3/c1-2-15-5-3-4-6-17(15)22-20(26)14-23-9-11-24(12-10-23)19-13-16(21)7-8-18(19)25(27)28/h3-8,13H,2,9-12,14H2,1H3,(H,22,26). The molecular weight excluding hydrogens is 363 g/mol. The van der Waals surface area contributed by atoms with Gasteiger partial charge in [-0.25, -0.2) is 4.39 Å². The first kappa shape index (κ1) is 19.8. The number of amides is 1. The molecule has 1 aliphatic heterocycles. The Morgan fingerprint density at radius 2 is 1.89 bits per heavy atom. The van der Waals surface area contributed by atoms with Crippen molar-refractivity contribution in [1.82, 2.24) is 4.90 Å². The van der Waals surface area contributed by atoms with E-state index in [2.05, 4.69) is 5.32 Å². The molecule has 8 heteroatoms. The molecule has 1 saturated heterocycles. The van der Waals surface area contributed by atoms with Crippen LogP contribution in [0.15, 0.2) is 42.5 Å². The minimum atomic E-state index is -0.503. The number of hydrogen-bond donors (Lipinski definition) is 1. The number of hydrogen-bond acceptors (Lipinski definition) is 5. The van der Waals surface area contributed by atoms with Crippen LogP contribution in [0.5, 0.6) is 0 Å². The predicted octanol–water partition coefficient (Wildman–Crippen LogP) is 3.06. The zero-order valence-electron chi connectivity index (χ0n) is 15.7. The number of rotatable bonds is 6. The molecule has 0 unspecified atom stereocenters. The third-order valence-electron chi connectivity index (χ3n) is 4.89. The Balaban J connectivity index is 1.58. The van der Waals surface area contributed by atoms with E-state index in [9.17, 15) is 19.3 Å². The Bertz CT molecular complexity index is 866. The monoisotopic (exact) mass is 386 g/mol. The summed E-state index contributed by atoms with van der Waals surface area (Å²) in [6.45, 7) is 4.40. The maximum absolute atomic E-state index is 13.6. The van der Waals surface area contributed by atoms with Gasteiger partial charge in [-0.3, -0.25) is 19.8 Å². The van der Waals surface area contributed by atoms with Gasteiger partial charge in [-0.15, -0.1) is 0 Å². The number of carbonyl (C=O) groups is 1. The van der Waals surface area contributed by atoms with Crippen molar-refractivity contribution in [2.24, 2.45) is 0 Å². The average molecular weight is 386 g/mol. The highest BCUT2D eigenvalue weighted by molar-refractivity contribution is 5.93. The van der Waals surface area contributed by atoms with Gasteiger partial charge in [0.25, 0.3) is 5.69 Å². The lowest BCUT2D eigenvalue weighted by Crippen LogP contribution is -2.48. The smallest absolute Gasteiger partial charge is 0.292 e. The minimum absolute atomic E-state index is 0.0916. The van der Waals surface area contributed by atoms with E-state index in [4.69, 9.17) is 0 Å². The van der Waals surface area contributed by atoms with Crippen molar-refractivity contribution < 1.29 is 14.1 Å². The van der Waals surface area contributed by atoms with Gasteiger partial charge in [0.2, 0.25) is 5.91 Å². The van der Waals surface area contributed by atoms with Gasteiger partial charge in [0, 0.05) is 44.0 Å². The maximum atomic E-state index is 13.6. The van der Waals surface area contributed by atoms with Gasteiger partial charge in [0.05, 0.1) is 11.5 Å². The summed E-state index contributed by atoms with van der Waals surface area (Å²) in [6, 6.07) is 11.2. The molecule has 3 rings (SSSR count). The number of nitrogens with one attached hydrogen (secondary N) is 1. The number of piperazine rings is 1. The Morgan fingerprint density at radius 1 is 1.18 bits per heavy atom. The number of anilines is 2. The molecule has 148 valence electrons. The molecule has 0 spiro atoms. The Morgan fingerprint density at radius 3 is 2.57 bits per heavy atom. The zero-order valence-corrected chi connectivity index (χ0v) is 15.7. The quantitative estimate of drug-likeness (QED) is 0.610. The van der Waals surface area contributed by atoms with Crippen LogP contribution in [-0.2, 0) is 11.2 Å². The lowest BCUT2D eigenvalue weighted by molar-refractivity contribution is -0.384. The summed E-state index contributed by atoms with van der Waals surface area (Å²) in [5, 5.41) is 14.2. The SMILES string of the molecule is CCc1ccccc1NC(=O)CN1CCN(c2cc(F)ccc2[N+](=O)[O-])CC1. The molecule has 1 fully saturated rings. The highest BCUT2D eigenvalue weighted by Gasteiger charge is 2.25. The van der Waals surface area contributed by atoms with Gasteiger partial charge < -0.3 is 10.2 Å². The van der Waals surface area contributed by atoms with E-state index in [0.717, 1.165) is 23.7 Å². The first-order valence-corrected chi connectivity index (χ1v) is 9.27. The molecule has 1 amide bonds. The summed E-state index contributed by atoms with van der Waals surface area (Å²) >= 11 is 0. The molecule has 0 radical (unpaired) electrons. The van der Waals surface area contributed by atoms with Crippen LogP contribution in [0.1, 0.15) is 12.5 Å². The van der Waals surface area contributed by atoms with Crippen LogP contribution in [0.3, 0.4) is 0 Å². The first-order valence-electron chi connectivity index (χ1n) is 9.27. The number of nitro groups is 1. The summed E-state index contributed by atoms with van der Waals surface area (Å²) in [7, 11) is 0. The Kier molecular flexibility index (Phi) is 6.20. The number of nitro benzene ring substituents is 1. The van der Waals surface area contributed by atoms with Crippen LogP contribution in [0, 0.1) is 15.9 Å². The van der Waals surface area contributed by atoms with Crippen molar-refractivity contribution in [1.29, 1.82) is 0 Å². The topological polar surface area (TPSA) is 78.7 Å². The van der Waals surface area contributed by atoms with Crippen molar-refractivity contribution in [3.05, 3.63) is 64.0 Å². The number of carbonyl (C=O) groups excluding carboxylic acids is 1. The van der Waals surface area contributed by atoms with Gasteiger partial charge in [-0.05, 0) is 24.1 Å². The zero-order chi connectivity index (χ0) is 20.1.